The Balaban J connectivity index is 2.00. The van der Waals surface area contributed by atoms with Crippen LogP contribution in [0.5, 0.6) is 0 Å². The molecule has 17 heavy (non-hydrogen) atoms. The smallest absolute Gasteiger partial charge is 0.306 e. The maximum Gasteiger partial charge on any atom is 0.306 e. The molecule has 3 heteroatoms. The summed E-state index contributed by atoms with van der Waals surface area (Å²) < 4.78 is 0. The van der Waals surface area contributed by atoms with Gasteiger partial charge in [-0.2, -0.15) is 0 Å². The number of hydrogen-bond acceptors (Lipinski definition) is 2. The van der Waals surface area contributed by atoms with Gasteiger partial charge in [0.2, 0.25) is 0 Å². The highest BCUT2D eigenvalue weighted by Gasteiger charge is 2.32. The Morgan fingerprint density at radius 2 is 2.00 bits per heavy atom. The van der Waals surface area contributed by atoms with Crippen molar-refractivity contribution in [1.82, 2.24) is 5.32 Å². The van der Waals surface area contributed by atoms with Crippen LogP contribution in [-0.4, -0.2) is 24.2 Å². The second-order valence-electron chi connectivity index (χ2n) is 5.25. The first kappa shape index (κ1) is 14.5. The minimum atomic E-state index is -0.600. The largest absolute Gasteiger partial charge is 0.481 e. The zero-order valence-corrected chi connectivity index (χ0v) is 11.1. The van der Waals surface area contributed by atoms with Gasteiger partial charge in [0.05, 0.1) is 5.92 Å². The molecule has 2 N–H and O–H groups in total. The topological polar surface area (TPSA) is 49.3 Å². The van der Waals surface area contributed by atoms with E-state index in [4.69, 9.17) is 5.11 Å². The molecule has 1 saturated carbocycles. The van der Waals surface area contributed by atoms with Crippen LogP contribution < -0.4 is 5.32 Å². The molecule has 0 radical (unpaired) electrons. The summed E-state index contributed by atoms with van der Waals surface area (Å²) in [5, 5.41) is 12.5. The molecular weight excluding hydrogens is 214 g/mol. The van der Waals surface area contributed by atoms with Gasteiger partial charge in [0.25, 0.3) is 0 Å². The van der Waals surface area contributed by atoms with Gasteiger partial charge in [-0.25, -0.2) is 0 Å². The fourth-order valence-corrected chi connectivity index (χ4v) is 2.75. The molecule has 3 nitrogen and oxygen atoms in total. The van der Waals surface area contributed by atoms with E-state index in [1.807, 2.05) is 0 Å². The molecule has 1 rings (SSSR count). The van der Waals surface area contributed by atoms with Crippen LogP contribution in [0, 0.1) is 11.8 Å². The Labute approximate surface area is 105 Å². The van der Waals surface area contributed by atoms with Crippen molar-refractivity contribution in [3.05, 3.63) is 0 Å². The Hall–Kier alpha value is -0.570. The molecule has 0 aromatic heterocycles. The third kappa shape index (κ3) is 5.53. The van der Waals surface area contributed by atoms with Crippen molar-refractivity contribution in [2.75, 3.05) is 13.1 Å². The van der Waals surface area contributed by atoms with E-state index in [0.29, 0.717) is 5.92 Å². The predicted octanol–water partition coefficient (Wildman–Crippen LogP) is 3.05. The first-order valence-corrected chi connectivity index (χ1v) is 7.19. The molecule has 1 aliphatic carbocycles. The number of unbranched alkanes of at least 4 members (excludes halogenated alkanes) is 4. The highest BCUT2D eigenvalue weighted by Crippen LogP contribution is 2.31. The predicted molar refractivity (Wildman–Crippen MR) is 70.1 cm³/mol. The van der Waals surface area contributed by atoms with Gasteiger partial charge in [0, 0.05) is 0 Å². The number of carboxylic acids is 1. The number of carboxylic acid groups (broad SMARTS) is 1. The second kappa shape index (κ2) is 8.51. The van der Waals surface area contributed by atoms with Crippen molar-refractivity contribution in [3.63, 3.8) is 0 Å². The molecule has 0 amide bonds. The Bertz CT molecular complexity index is 218. The van der Waals surface area contributed by atoms with E-state index in [1.165, 1.54) is 32.1 Å². The van der Waals surface area contributed by atoms with Crippen LogP contribution in [-0.2, 0) is 4.79 Å². The summed E-state index contributed by atoms with van der Waals surface area (Å²) in [7, 11) is 0. The molecule has 0 heterocycles. The highest BCUT2D eigenvalue weighted by atomic mass is 16.4. The van der Waals surface area contributed by atoms with E-state index in [0.717, 1.165) is 32.4 Å². The Morgan fingerprint density at radius 1 is 1.24 bits per heavy atom. The summed E-state index contributed by atoms with van der Waals surface area (Å²) >= 11 is 0. The van der Waals surface area contributed by atoms with E-state index < -0.39 is 5.97 Å². The first-order valence-electron chi connectivity index (χ1n) is 7.19. The van der Waals surface area contributed by atoms with E-state index >= 15 is 0 Å². The normalized spacial score (nSPS) is 24.1. The lowest BCUT2D eigenvalue weighted by molar-refractivity contribution is -0.142. The van der Waals surface area contributed by atoms with Crippen LogP contribution in [0.1, 0.15) is 58.3 Å². The average Bonchev–Trinajstić information content (AvgIpc) is 2.76. The average molecular weight is 241 g/mol. The van der Waals surface area contributed by atoms with E-state index in [1.54, 1.807) is 0 Å². The van der Waals surface area contributed by atoms with Gasteiger partial charge in [-0.1, -0.05) is 39.0 Å². The molecule has 100 valence electrons. The van der Waals surface area contributed by atoms with E-state index in [-0.39, 0.29) is 5.92 Å². The van der Waals surface area contributed by atoms with Crippen LogP contribution in [0.4, 0.5) is 0 Å². The molecule has 0 bridgehead atoms. The highest BCUT2D eigenvalue weighted by molar-refractivity contribution is 5.70. The number of rotatable bonds is 9. The quantitative estimate of drug-likeness (QED) is 0.610. The Kier molecular flexibility index (Phi) is 7.25. The minimum Gasteiger partial charge on any atom is -0.481 e. The number of carbonyl (C=O) groups is 1. The minimum absolute atomic E-state index is 0.0948. The molecule has 1 fully saturated rings. The number of nitrogens with one attached hydrogen (secondary N) is 1. The molecule has 0 aromatic rings. The zero-order chi connectivity index (χ0) is 12.5. The summed E-state index contributed by atoms with van der Waals surface area (Å²) in [6.07, 6.45) is 9.52. The zero-order valence-electron chi connectivity index (χ0n) is 11.1. The molecule has 0 saturated heterocycles. The van der Waals surface area contributed by atoms with Crippen molar-refractivity contribution in [2.45, 2.75) is 58.3 Å². The lowest BCUT2D eigenvalue weighted by atomic mass is 9.96. The summed E-state index contributed by atoms with van der Waals surface area (Å²) in [5.41, 5.74) is 0. The third-order valence-electron chi connectivity index (χ3n) is 3.84. The number of hydrogen-bond donors (Lipinski definition) is 2. The van der Waals surface area contributed by atoms with Gasteiger partial charge in [-0.05, 0) is 38.3 Å². The van der Waals surface area contributed by atoms with E-state index in [9.17, 15) is 4.79 Å². The molecule has 0 spiro atoms. The monoisotopic (exact) mass is 241 g/mol. The van der Waals surface area contributed by atoms with Crippen LogP contribution in [0.25, 0.3) is 0 Å². The maximum atomic E-state index is 11.0. The second-order valence-corrected chi connectivity index (χ2v) is 5.25. The van der Waals surface area contributed by atoms with Crippen molar-refractivity contribution in [1.29, 1.82) is 0 Å². The summed E-state index contributed by atoms with van der Waals surface area (Å²) in [6, 6.07) is 0. The van der Waals surface area contributed by atoms with Gasteiger partial charge in [0.1, 0.15) is 0 Å². The van der Waals surface area contributed by atoms with Crippen LogP contribution in [0.15, 0.2) is 0 Å². The van der Waals surface area contributed by atoms with Gasteiger partial charge in [0.15, 0.2) is 0 Å². The lowest BCUT2D eigenvalue weighted by Gasteiger charge is -2.16. The van der Waals surface area contributed by atoms with Crippen molar-refractivity contribution < 1.29 is 9.90 Å². The van der Waals surface area contributed by atoms with Crippen LogP contribution >= 0.6 is 0 Å². The fraction of sp³-hybridized carbons (Fsp3) is 0.929. The number of aliphatic carboxylic acids is 1. The third-order valence-corrected chi connectivity index (χ3v) is 3.84. The van der Waals surface area contributed by atoms with Crippen molar-refractivity contribution >= 4 is 5.97 Å². The van der Waals surface area contributed by atoms with Crippen molar-refractivity contribution in [2.24, 2.45) is 11.8 Å². The fourth-order valence-electron chi connectivity index (χ4n) is 2.75. The SMILES string of the molecule is CCCCCCCNCC1CCCC1C(=O)O. The molecule has 0 aliphatic heterocycles. The maximum absolute atomic E-state index is 11.0. The van der Waals surface area contributed by atoms with Crippen LogP contribution in [0.2, 0.25) is 0 Å². The first-order chi connectivity index (χ1) is 8.25. The lowest BCUT2D eigenvalue weighted by Crippen LogP contribution is -2.29. The molecule has 0 aromatic carbocycles. The summed E-state index contributed by atoms with van der Waals surface area (Å²) in [6.45, 7) is 4.17. The Morgan fingerprint density at radius 3 is 2.71 bits per heavy atom. The van der Waals surface area contributed by atoms with Crippen molar-refractivity contribution in [3.8, 4) is 0 Å². The van der Waals surface area contributed by atoms with Gasteiger partial charge in [-0.3, -0.25) is 4.79 Å². The molecule has 2 unspecified atom stereocenters. The molecular formula is C14H27NO2. The molecule has 1 aliphatic rings. The van der Waals surface area contributed by atoms with Gasteiger partial charge < -0.3 is 10.4 Å². The summed E-state index contributed by atoms with van der Waals surface area (Å²) in [4.78, 5) is 11.0. The van der Waals surface area contributed by atoms with Crippen LogP contribution in [0.3, 0.4) is 0 Å². The summed E-state index contributed by atoms with van der Waals surface area (Å²) in [5.74, 6) is -0.331. The van der Waals surface area contributed by atoms with Gasteiger partial charge in [-0.15, -0.1) is 0 Å². The molecule has 2 atom stereocenters. The standard InChI is InChI=1S/C14H27NO2/c1-2-3-4-5-6-10-15-11-12-8-7-9-13(12)14(16)17/h12-13,15H,2-11H2,1H3,(H,16,17). The van der Waals surface area contributed by atoms with E-state index in [2.05, 4.69) is 12.2 Å². The van der Waals surface area contributed by atoms with Gasteiger partial charge >= 0.3 is 5.97 Å².